The van der Waals surface area contributed by atoms with E-state index in [2.05, 4.69) is 10.2 Å². The van der Waals surface area contributed by atoms with Gasteiger partial charge in [0.25, 0.3) is 5.69 Å². The number of azo groups is 1. The molecule has 2 aromatic carbocycles. The van der Waals surface area contributed by atoms with Crippen LogP contribution in [0.15, 0.2) is 52.7 Å². The minimum atomic E-state index is -1.41. The fourth-order valence-corrected chi connectivity index (χ4v) is 2.32. The molecule has 0 saturated carbocycles. The number of aliphatic hydroxyl groups is 2. The number of nitro groups is 1. The Bertz CT molecular complexity index is 777. The highest BCUT2D eigenvalue weighted by Gasteiger charge is 2.11. The largest absolute Gasteiger partial charge is 0.494 e. The number of methoxy groups -OCH3 is 1. The van der Waals surface area contributed by atoms with Gasteiger partial charge in [-0.1, -0.05) is 0 Å². The molecular weight excluding hydrogens is 340 g/mol. The summed E-state index contributed by atoms with van der Waals surface area (Å²) in [6, 6.07) is 11.2. The number of aliphatic hydroxyl groups excluding tert-OH is 1. The summed E-state index contributed by atoms with van der Waals surface area (Å²) in [7, 11) is 1.40. The molecule has 0 spiro atoms. The van der Waals surface area contributed by atoms with Crippen molar-refractivity contribution in [1.29, 1.82) is 0 Å². The molecule has 2 N–H and O–H groups in total. The Morgan fingerprint density at radius 1 is 1.19 bits per heavy atom. The van der Waals surface area contributed by atoms with Crippen LogP contribution in [0.25, 0.3) is 0 Å². The predicted octanol–water partition coefficient (Wildman–Crippen LogP) is 3.16. The summed E-state index contributed by atoms with van der Waals surface area (Å²) in [4.78, 5) is 12.1. The van der Waals surface area contributed by atoms with Gasteiger partial charge in [-0.15, -0.1) is 5.11 Å². The predicted molar refractivity (Wildman–Crippen MR) is 96.4 cm³/mol. The summed E-state index contributed by atoms with van der Waals surface area (Å²) in [5.74, 6) is 0.258. The van der Waals surface area contributed by atoms with Gasteiger partial charge in [0, 0.05) is 18.3 Å². The molecule has 138 valence electrons. The van der Waals surface area contributed by atoms with Crippen molar-refractivity contribution in [2.75, 3.05) is 25.1 Å². The van der Waals surface area contributed by atoms with E-state index in [1.165, 1.54) is 25.3 Å². The first kappa shape index (κ1) is 19.3. The summed E-state index contributed by atoms with van der Waals surface area (Å²) < 4.78 is 5.11. The van der Waals surface area contributed by atoms with E-state index >= 15 is 0 Å². The molecule has 0 saturated heterocycles. The van der Waals surface area contributed by atoms with Crippen molar-refractivity contribution in [3.8, 4) is 5.75 Å². The van der Waals surface area contributed by atoms with Gasteiger partial charge < -0.3 is 19.8 Å². The van der Waals surface area contributed by atoms with Gasteiger partial charge in [-0.25, -0.2) is 0 Å². The summed E-state index contributed by atoms with van der Waals surface area (Å²) in [6.45, 7) is 2.65. The number of nitrogens with zero attached hydrogens (tertiary/aromatic N) is 4. The summed E-state index contributed by atoms with van der Waals surface area (Å²) in [5.41, 5.74) is 1.69. The molecule has 2 rings (SSSR count). The monoisotopic (exact) mass is 360 g/mol. The smallest absolute Gasteiger partial charge is 0.273 e. The maximum absolute atomic E-state index is 10.8. The minimum absolute atomic E-state index is 0.0871. The van der Waals surface area contributed by atoms with E-state index < -0.39 is 11.2 Å². The number of nitro benzene ring substituents is 1. The van der Waals surface area contributed by atoms with E-state index in [1.807, 2.05) is 11.8 Å². The summed E-state index contributed by atoms with van der Waals surface area (Å²) in [5, 5.41) is 37.2. The van der Waals surface area contributed by atoms with Gasteiger partial charge in [0.2, 0.25) is 0 Å². The highest BCUT2D eigenvalue weighted by Crippen LogP contribution is 2.32. The third-order valence-corrected chi connectivity index (χ3v) is 3.63. The van der Waals surface area contributed by atoms with Crippen molar-refractivity contribution < 1.29 is 19.9 Å². The van der Waals surface area contributed by atoms with Gasteiger partial charge >= 0.3 is 0 Å². The van der Waals surface area contributed by atoms with E-state index in [0.717, 1.165) is 5.69 Å². The number of non-ortho nitro benzene ring substituents is 1. The second-order valence-electron chi connectivity index (χ2n) is 5.35. The maximum Gasteiger partial charge on any atom is 0.273 e. The maximum atomic E-state index is 10.8. The van der Waals surface area contributed by atoms with Crippen molar-refractivity contribution in [2.24, 2.45) is 10.2 Å². The number of likely N-dealkylation sites (N-methyl/N-ethyl adjacent to an activating group) is 1. The highest BCUT2D eigenvalue weighted by molar-refractivity contribution is 5.57. The standard InChI is InChI=1S/C17H20N4O5/c1-3-20(11-17(22)23)13-6-4-12(5-7-13)18-19-15-9-8-14(21(24)25)10-16(15)26-2/h4-10,17,22-23H,3,11H2,1-2H3. The van der Waals surface area contributed by atoms with Crippen LogP contribution in [0.1, 0.15) is 6.92 Å². The minimum Gasteiger partial charge on any atom is -0.494 e. The first-order valence-electron chi connectivity index (χ1n) is 7.90. The molecule has 0 amide bonds. The molecule has 0 aliphatic heterocycles. The molecule has 0 aliphatic rings. The SMILES string of the molecule is CCN(CC(O)O)c1ccc(N=Nc2ccc([N+](=O)[O-])cc2OC)cc1. The fraction of sp³-hybridized carbons (Fsp3) is 0.294. The molecule has 9 nitrogen and oxygen atoms in total. The first-order chi connectivity index (χ1) is 12.4. The molecule has 0 aliphatic carbocycles. The van der Waals surface area contributed by atoms with Crippen LogP contribution in [0, 0.1) is 10.1 Å². The topological polar surface area (TPSA) is 121 Å². The van der Waals surface area contributed by atoms with Gasteiger partial charge in [0.1, 0.15) is 5.69 Å². The summed E-state index contributed by atoms with van der Waals surface area (Å²) in [6.07, 6.45) is -1.41. The van der Waals surface area contributed by atoms with Crippen molar-refractivity contribution in [1.82, 2.24) is 0 Å². The average Bonchev–Trinajstić information content (AvgIpc) is 2.64. The molecule has 0 radical (unpaired) electrons. The zero-order valence-corrected chi connectivity index (χ0v) is 14.4. The average molecular weight is 360 g/mol. The van der Waals surface area contributed by atoms with Crippen molar-refractivity contribution in [3.05, 3.63) is 52.6 Å². The lowest BCUT2D eigenvalue weighted by Crippen LogP contribution is -2.31. The van der Waals surface area contributed by atoms with E-state index in [0.29, 0.717) is 17.9 Å². The van der Waals surface area contributed by atoms with Gasteiger partial charge in [0.05, 0.1) is 30.3 Å². The van der Waals surface area contributed by atoms with Gasteiger partial charge in [0.15, 0.2) is 12.0 Å². The Morgan fingerprint density at radius 2 is 1.88 bits per heavy atom. The molecule has 0 bridgehead atoms. The van der Waals surface area contributed by atoms with E-state index in [4.69, 9.17) is 14.9 Å². The molecule has 0 fully saturated rings. The van der Waals surface area contributed by atoms with Crippen LogP contribution in [0.4, 0.5) is 22.7 Å². The van der Waals surface area contributed by atoms with Crippen molar-refractivity contribution in [2.45, 2.75) is 13.2 Å². The summed E-state index contributed by atoms with van der Waals surface area (Å²) >= 11 is 0. The Morgan fingerprint density at radius 3 is 2.42 bits per heavy atom. The van der Waals surface area contributed by atoms with Crippen LogP contribution in [-0.4, -0.2) is 41.6 Å². The number of hydrogen-bond donors (Lipinski definition) is 2. The normalized spacial score (nSPS) is 11.1. The van der Waals surface area contributed by atoms with Crippen LogP contribution in [0.5, 0.6) is 5.75 Å². The van der Waals surface area contributed by atoms with E-state index in [1.54, 1.807) is 24.3 Å². The molecular formula is C17H20N4O5. The number of ether oxygens (including phenoxy) is 1. The quantitative estimate of drug-likeness (QED) is 0.323. The molecule has 9 heteroatoms. The number of benzene rings is 2. The second kappa shape index (κ2) is 8.88. The van der Waals surface area contributed by atoms with Crippen LogP contribution in [-0.2, 0) is 0 Å². The zero-order chi connectivity index (χ0) is 19.1. The van der Waals surface area contributed by atoms with Crippen LogP contribution >= 0.6 is 0 Å². The molecule has 0 aromatic heterocycles. The van der Waals surface area contributed by atoms with Gasteiger partial charge in [-0.3, -0.25) is 10.1 Å². The van der Waals surface area contributed by atoms with Crippen LogP contribution in [0.2, 0.25) is 0 Å². The Labute approximate surface area is 150 Å². The molecule has 0 unspecified atom stereocenters. The van der Waals surface area contributed by atoms with E-state index in [9.17, 15) is 10.1 Å². The molecule has 0 heterocycles. The Kier molecular flexibility index (Phi) is 6.59. The highest BCUT2D eigenvalue weighted by atomic mass is 16.6. The molecule has 2 aromatic rings. The third-order valence-electron chi connectivity index (χ3n) is 3.63. The first-order valence-corrected chi connectivity index (χ1v) is 7.90. The van der Waals surface area contributed by atoms with Crippen molar-refractivity contribution in [3.63, 3.8) is 0 Å². The van der Waals surface area contributed by atoms with Gasteiger partial charge in [-0.2, -0.15) is 5.11 Å². The molecule has 26 heavy (non-hydrogen) atoms. The Hall–Kier alpha value is -3.04. The molecule has 0 atom stereocenters. The van der Waals surface area contributed by atoms with Gasteiger partial charge in [-0.05, 0) is 37.3 Å². The number of rotatable bonds is 8. The Balaban J connectivity index is 2.17. The zero-order valence-electron chi connectivity index (χ0n) is 14.4. The lowest BCUT2D eigenvalue weighted by molar-refractivity contribution is -0.384. The third kappa shape index (κ3) is 4.98. The van der Waals surface area contributed by atoms with Crippen LogP contribution in [0.3, 0.4) is 0 Å². The lowest BCUT2D eigenvalue weighted by Gasteiger charge is -2.23. The van der Waals surface area contributed by atoms with Crippen molar-refractivity contribution >= 4 is 22.7 Å². The number of anilines is 1. The van der Waals surface area contributed by atoms with Crippen LogP contribution < -0.4 is 9.64 Å². The number of hydrogen-bond acceptors (Lipinski definition) is 8. The van der Waals surface area contributed by atoms with E-state index in [-0.39, 0.29) is 18.0 Å². The second-order valence-corrected chi connectivity index (χ2v) is 5.35. The lowest BCUT2D eigenvalue weighted by atomic mass is 10.2. The fourth-order valence-electron chi connectivity index (χ4n) is 2.32.